The molecule has 0 bridgehead atoms. The van der Waals surface area contributed by atoms with Gasteiger partial charge in [-0.25, -0.2) is 5.43 Å². The lowest BCUT2D eigenvalue weighted by Crippen LogP contribution is -2.18. The minimum atomic E-state index is -0.442. The molecule has 9 heteroatoms. The van der Waals surface area contributed by atoms with E-state index in [2.05, 4.69) is 37.5 Å². The number of nitrogens with one attached hydrogen (secondary N) is 1. The maximum absolute atomic E-state index is 12.3. The highest BCUT2D eigenvalue weighted by Gasteiger charge is 2.10. The summed E-state index contributed by atoms with van der Waals surface area (Å²) in [5.74, 6) is 2.56. The Morgan fingerprint density at radius 1 is 1.30 bits per heavy atom. The summed E-state index contributed by atoms with van der Waals surface area (Å²) in [6.45, 7) is 0.572. The molecular weight excluding hydrogens is 491 g/mol. The predicted molar refractivity (Wildman–Crippen MR) is 121 cm³/mol. The number of carbonyl (C=O) groups is 1. The Hall–Kier alpha value is -2.79. The highest BCUT2D eigenvalue weighted by Crippen LogP contribution is 2.22. The summed E-state index contributed by atoms with van der Waals surface area (Å²) < 4.78 is 7.78. The molecule has 1 N–H and O–H groups in total. The molecule has 0 aliphatic heterocycles. The fourth-order valence-electron chi connectivity index (χ4n) is 2.45. The number of rotatable bonds is 7. The Balaban J connectivity index is 1.62. The monoisotopic (exact) mass is 504 g/mol. The van der Waals surface area contributed by atoms with Crippen molar-refractivity contribution in [2.75, 3.05) is 6.61 Å². The number of halogens is 3. The van der Waals surface area contributed by atoms with E-state index in [1.165, 1.54) is 6.21 Å². The number of hydrogen-bond acceptors (Lipinski definition) is 4. The van der Waals surface area contributed by atoms with Crippen LogP contribution in [0.1, 0.15) is 21.6 Å². The van der Waals surface area contributed by atoms with Gasteiger partial charge in [0.15, 0.2) is 5.69 Å². The SMILES string of the molecule is C#CCOc1ccc(Br)c(/C=N/NC(=O)c2ccn(Cc3ccc(Cl)cc3Cl)n2)c1. The van der Waals surface area contributed by atoms with Crippen molar-refractivity contribution in [1.82, 2.24) is 15.2 Å². The average Bonchev–Trinajstić information content (AvgIpc) is 3.19. The summed E-state index contributed by atoms with van der Waals surface area (Å²) in [6, 6.07) is 12.2. The van der Waals surface area contributed by atoms with Gasteiger partial charge in [0.05, 0.1) is 12.8 Å². The first-order chi connectivity index (χ1) is 14.5. The second-order valence-corrected chi connectivity index (χ2v) is 7.71. The molecule has 0 aliphatic carbocycles. The van der Waals surface area contributed by atoms with Gasteiger partial charge in [0.1, 0.15) is 12.4 Å². The Morgan fingerprint density at radius 2 is 2.13 bits per heavy atom. The number of carbonyl (C=O) groups excluding carboxylic acids is 1. The number of nitrogens with zero attached hydrogens (tertiary/aromatic N) is 3. The lowest BCUT2D eigenvalue weighted by atomic mass is 10.2. The molecule has 0 saturated heterocycles. The first kappa shape index (κ1) is 21.9. The van der Waals surface area contributed by atoms with E-state index in [-0.39, 0.29) is 12.3 Å². The van der Waals surface area contributed by atoms with Gasteiger partial charge in [0.25, 0.3) is 5.91 Å². The molecule has 30 heavy (non-hydrogen) atoms. The largest absolute Gasteiger partial charge is 0.481 e. The van der Waals surface area contributed by atoms with Crippen LogP contribution in [-0.2, 0) is 6.54 Å². The van der Waals surface area contributed by atoms with Crippen LogP contribution in [0.3, 0.4) is 0 Å². The van der Waals surface area contributed by atoms with Gasteiger partial charge in [-0.1, -0.05) is 51.1 Å². The van der Waals surface area contributed by atoms with Crippen molar-refractivity contribution < 1.29 is 9.53 Å². The zero-order chi connectivity index (χ0) is 21.5. The number of hydrazone groups is 1. The highest BCUT2D eigenvalue weighted by molar-refractivity contribution is 9.10. The number of terminal acetylenes is 1. The average molecular weight is 506 g/mol. The molecule has 0 spiro atoms. The smallest absolute Gasteiger partial charge is 0.291 e. The van der Waals surface area contributed by atoms with Gasteiger partial charge in [0, 0.05) is 26.3 Å². The number of hydrogen-bond donors (Lipinski definition) is 1. The second-order valence-electron chi connectivity index (χ2n) is 6.01. The van der Waals surface area contributed by atoms with E-state index in [4.69, 9.17) is 34.4 Å². The highest BCUT2D eigenvalue weighted by atomic mass is 79.9. The van der Waals surface area contributed by atoms with E-state index in [1.807, 2.05) is 6.07 Å². The van der Waals surface area contributed by atoms with E-state index in [1.54, 1.807) is 47.3 Å². The number of aromatic nitrogens is 2. The second kappa shape index (κ2) is 10.3. The topological polar surface area (TPSA) is 68.5 Å². The lowest BCUT2D eigenvalue weighted by molar-refractivity contribution is 0.0949. The third-order valence-electron chi connectivity index (χ3n) is 3.88. The predicted octanol–water partition coefficient (Wildman–Crippen LogP) is 4.78. The Kier molecular flexibility index (Phi) is 7.52. The summed E-state index contributed by atoms with van der Waals surface area (Å²) >= 11 is 15.5. The fraction of sp³-hybridized carbons (Fsp3) is 0.0952. The standard InChI is InChI=1S/C21H15BrCl2N4O2/c1-2-9-30-17-5-6-18(22)15(10-17)12-25-26-21(29)20-7-8-28(27-20)13-14-3-4-16(23)11-19(14)24/h1,3-8,10-12H,9,13H2,(H,26,29)/b25-12+. The Bertz CT molecular complexity index is 1140. The number of amides is 1. The Labute approximate surface area is 192 Å². The molecule has 1 aromatic heterocycles. The molecule has 0 aliphatic rings. The van der Waals surface area contributed by atoms with Crippen LogP contribution in [0, 0.1) is 12.3 Å². The maximum atomic E-state index is 12.3. The molecule has 0 saturated carbocycles. The van der Waals surface area contributed by atoms with Crippen molar-refractivity contribution in [3.63, 3.8) is 0 Å². The molecule has 152 valence electrons. The van der Waals surface area contributed by atoms with Crippen LogP contribution in [0.25, 0.3) is 0 Å². The van der Waals surface area contributed by atoms with Crippen molar-refractivity contribution in [3.05, 3.63) is 80.0 Å². The quantitative estimate of drug-likeness (QED) is 0.285. The van der Waals surface area contributed by atoms with E-state index >= 15 is 0 Å². The zero-order valence-electron chi connectivity index (χ0n) is 15.5. The van der Waals surface area contributed by atoms with E-state index in [9.17, 15) is 4.79 Å². The van der Waals surface area contributed by atoms with Crippen LogP contribution in [0.2, 0.25) is 10.0 Å². The van der Waals surface area contributed by atoms with Crippen molar-refractivity contribution in [2.24, 2.45) is 5.10 Å². The molecule has 6 nitrogen and oxygen atoms in total. The molecule has 1 heterocycles. The van der Waals surface area contributed by atoms with Crippen molar-refractivity contribution in [1.29, 1.82) is 0 Å². The van der Waals surface area contributed by atoms with Gasteiger partial charge in [0.2, 0.25) is 0 Å². The van der Waals surface area contributed by atoms with Gasteiger partial charge >= 0.3 is 0 Å². The lowest BCUT2D eigenvalue weighted by Gasteiger charge is -2.05. The van der Waals surface area contributed by atoms with Crippen LogP contribution in [0.5, 0.6) is 5.75 Å². The fourth-order valence-corrected chi connectivity index (χ4v) is 3.27. The summed E-state index contributed by atoms with van der Waals surface area (Å²) in [7, 11) is 0. The van der Waals surface area contributed by atoms with Crippen molar-refractivity contribution in [3.8, 4) is 18.1 Å². The minimum Gasteiger partial charge on any atom is -0.481 e. The molecule has 3 rings (SSSR count). The van der Waals surface area contributed by atoms with Gasteiger partial charge in [-0.3, -0.25) is 9.48 Å². The molecule has 1 amide bonds. The molecule has 0 radical (unpaired) electrons. The van der Waals surface area contributed by atoms with Crippen LogP contribution < -0.4 is 10.2 Å². The van der Waals surface area contributed by atoms with Gasteiger partial charge in [-0.2, -0.15) is 10.2 Å². The van der Waals surface area contributed by atoms with E-state index in [0.29, 0.717) is 27.9 Å². The van der Waals surface area contributed by atoms with Crippen LogP contribution in [-0.4, -0.2) is 28.5 Å². The van der Waals surface area contributed by atoms with E-state index in [0.717, 1.165) is 10.0 Å². The van der Waals surface area contributed by atoms with E-state index < -0.39 is 5.91 Å². The molecule has 2 aromatic carbocycles. The molecular formula is C21H15BrCl2N4O2. The third kappa shape index (κ3) is 5.86. The van der Waals surface area contributed by atoms with Crippen molar-refractivity contribution in [2.45, 2.75) is 6.54 Å². The molecule has 0 fully saturated rings. The number of benzene rings is 2. The van der Waals surface area contributed by atoms with Gasteiger partial charge in [-0.05, 0) is 42.0 Å². The van der Waals surface area contributed by atoms with Crippen LogP contribution in [0.4, 0.5) is 0 Å². The van der Waals surface area contributed by atoms with Gasteiger partial charge < -0.3 is 4.74 Å². The first-order valence-corrected chi connectivity index (χ1v) is 10.2. The normalized spacial score (nSPS) is 10.7. The summed E-state index contributed by atoms with van der Waals surface area (Å²) in [4.78, 5) is 12.3. The van der Waals surface area contributed by atoms with Gasteiger partial charge in [-0.15, -0.1) is 6.42 Å². The molecule has 0 atom stereocenters. The number of ether oxygens (including phenoxy) is 1. The van der Waals surface area contributed by atoms with Crippen LogP contribution in [0.15, 0.2) is 58.2 Å². The van der Waals surface area contributed by atoms with Crippen molar-refractivity contribution >= 4 is 51.3 Å². The molecule has 3 aromatic rings. The maximum Gasteiger partial charge on any atom is 0.291 e. The summed E-state index contributed by atoms with van der Waals surface area (Å²) in [5.41, 5.74) is 4.23. The Morgan fingerprint density at radius 3 is 2.90 bits per heavy atom. The van der Waals surface area contributed by atoms with Crippen LogP contribution >= 0.6 is 39.1 Å². The minimum absolute atomic E-state index is 0.166. The summed E-state index contributed by atoms with van der Waals surface area (Å²) in [6.07, 6.45) is 8.38. The zero-order valence-corrected chi connectivity index (χ0v) is 18.6. The molecule has 0 unspecified atom stereocenters. The third-order valence-corrected chi connectivity index (χ3v) is 5.19. The first-order valence-electron chi connectivity index (χ1n) is 8.63. The summed E-state index contributed by atoms with van der Waals surface area (Å²) in [5, 5.41) is 9.33.